The van der Waals surface area contributed by atoms with Crippen LogP contribution in [0.25, 0.3) is 11.3 Å². The van der Waals surface area contributed by atoms with Crippen molar-refractivity contribution in [3.05, 3.63) is 71.7 Å². The molecule has 3 aromatic rings. The van der Waals surface area contributed by atoms with Crippen molar-refractivity contribution < 1.29 is 9.32 Å². The fourth-order valence-electron chi connectivity index (χ4n) is 3.80. The second-order valence-electron chi connectivity index (χ2n) is 7.49. The van der Waals surface area contributed by atoms with Crippen molar-refractivity contribution in [2.24, 2.45) is 0 Å². The molecule has 1 aliphatic carbocycles. The Labute approximate surface area is 165 Å². The lowest BCUT2D eigenvalue weighted by molar-refractivity contribution is 0.0600. The van der Waals surface area contributed by atoms with Gasteiger partial charge in [0.2, 0.25) is 0 Å². The van der Waals surface area contributed by atoms with Crippen LogP contribution in [0.2, 0.25) is 0 Å². The maximum Gasteiger partial charge on any atom is 0.276 e. The molecule has 1 amide bonds. The third kappa shape index (κ3) is 4.14. The van der Waals surface area contributed by atoms with Crippen molar-refractivity contribution in [3.8, 4) is 11.3 Å². The third-order valence-corrected chi connectivity index (χ3v) is 5.40. The summed E-state index contributed by atoms with van der Waals surface area (Å²) in [6.07, 6.45) is 7.38. The van der Waals surface area contributed by atoms with Crippen LogP contribution in [0.5, 0.6) is 0 Å². The minimum Gasteiger partial charge on any atom is -0.355 e. The highest BCUT2D eigenvalue weighted by molar-refractivity contribution is 5.93. The molecule has 1 saturated carbocycles. The standard InChI is InChI=1S/C23H25N3O2/c1-17-10-12-18(13-11-17)22-15-21(25-28-22)23(27)26(20-8-3-2-4-9-20)16-19-7-5-6-14-24-19/h5-7,10-15,20H,2-4,8-9,16H2,1H3. The van der Waals surface area contributed by atoms with Crippen LogP contribution >= 0.6 is 0 Å². The van der Waals surface area contributed by atoms with E-state index in [0.29, 0.717) is 18.0 Å². The molecule has 0 saturated heterocycles. The summed E-state index contributed by atoms with van der Waals surface area (Å²) in [4.78, 5) is 19.7. The Hall–Kier alpha value is -2.95. The van der Waals surface area contributed by atoms with Crippen LogP contribution < -0.4 is 0 Å². The molecule has 144 valence electrons. The van der Waals surface area contributed by atoms with Crippen molar-refractivity contribution in [2.45, 2.75) is 51.6 Å². The van der Waals surface area contributed by atoms with Crippen molar-refractivity contribution in [2.75, 3.05) is 0 Å². The van der Waals surface area contributed by atoms with Crippen molar-refractivity contribution in [3.63, 3.8) is 0 Å². The first kappa shape index (κ1) is 18.4. The van der Waals surface area contributed by atoms with Gasteiger partial charge < -0.3 is 9.42 Å². The molecule has 2 heterocycles. The Morgan fingerprint density at radius 2 is 1.89 bits per heavy atom. The molecule has 0 radical (unpaired) electrons. The summed E-state index contributed by atoms with van der Waals surface area (Å²) < 4.78 is 5.49. The van der Waals surface area contributed by atoms with E-state index in [1.165, 1.54) is 12.0 Å². The van der Waals surface area contributed by atoms with E-state index in [0.717, 1.165) is 36.9 Å². The summed E-state index contributed by atoms with van der Waals surface area (Å²) in [6, 6.07) is 15.8. The van der Waals surface area contributed by atoms with Gasteiger partial charge in [0.15, 0.2) is 11.5 Å². The van der Waals surface area contributed by atoms with Gasteiger partial charge in [-0.2, -0.15) is 0 Å². The zero-order valence-electron chi connectivity index (χ0n) is 16.2. The molecule has 1 aliphatic rings. The average molecular weight is 375 g/mol. The van der Waals surface area contributed by atoms with E-state index in [1.807, 2.05) is 54.3 Å². The van der Waals surface area contributed by atoms with Crippen LogP contribution in [0.3, 0.4) is 0 Å². The maximum atomic E-state index is 13.3. The SMILES string of the molecule is Cc1ccc(-c2cc(C(=O)N(Cc3ccccn3)C3CCCCC3)no2)cc1. The summed E-state index contributed by atoms with van der Waals surface area (Å²) in [6.45, 7) is 2.54. The fourth-order valence-corrected chi connectivity index (χ4v) is 3.80. The number of pyridine rings is 1. The lowest BCUT2D eigenvalue weighted by atomic mass is 9.93. The number of carbonyl (C=O) groups is 1. The van der Waals surface area contributed by atoms with Crippen molar-refractivity contribution >= 4 is 5.91 Å². The van der Waals surface area contributed by atoms with E-state index in [-0.39, 0.29) is 11.9 Å². The quantitative estimate of drug-likeness (QED) is 0.628. The van der Waals surface area contributed by atoms with Crippen LogP contribution in [0, 0.1) is 6.92 Å². The largest absolute Gasteiger partial charge is 0.355 e. The summed E-state index contributed by atoms with van der Waals surface area (Å²) in [5.41, 5.74) is 3.35. The Morgan fingerprint density at radius 3 is 2.61 bits per heavy atom. The highest BCUT2D eigenvalue weighted by atomic mass is 16.5. The topological polar surface area (TPSA) is 59.2 Å². The first-order chi connectivity index (χ1) is 13.7. The number of aryl methyl sites for hydroxylation is 1. The van der Waals surface area contributed by atoms with E-state index >= 15 is 0 Å². The molecule has 2 aromatic heterocycles. The molecule has 1 fully saturated rings. The molecule has 0 aliphatic heterocycles. The van der Waals surface area contributed by atoms with Gasteiger partial charge in [0.05, 0.1) is 12.2 Å². The second kappa shape index (κ2) is 8.38. The van der Waals surface area contributed by atoms with E-state index in [9.17, 15) is 4.79 Å². The zero-order valence-corrected chi connectivity index (χ0v) is 16.2. The number of benzene rings is 1. The second-order valence-corrected chi connectivity index (χ2v) is 7.49. The molecule has 1 aromatic carbocycles. The first-order valence-electron chi connectivity index (χ1n) is 9.95. The molecule has 28 heavy (non-hydrogen) atoms. The van der Waals surface area contributed by atoms with Crippen LogP contribution in [-0.4, -0.2) is 27.0 Å². The Balaban J connectivity index is 1.58. The highest BCUT2D eigenvalue weighted by Gasteiger charge is 2.29. The van der Waals surface area contributed by atoms with Gasteiger partial charge in [0.1, 0.15) is 0 Å². The van der Waals surface area contributed by atoms with Gasteiger partial charge in [-0.05, 0) is 31.9 Å². The number of nitrogens with zero attached hydrogens (tertiary/aromatic N) is 3. The Morgan fingerprint density at radius 1 is 1.11 bits per heavy atom. The van der Waals surface area contributed by atoms with Crippen LogP contribution in [-0.2, 0) is 6.54 Å². The highest BCUT2D eigenvalue weighted by Crippen LogP contribution is 2.27. The molecule has 0 atom stereocenters. The van der Waals surface area contributed by atoms with Gasteiger partial charge >= 0.3 is 0 Å². The predicted octanol–water partition coefficient (Wildman–Crippen LogP) is 5.02. The van der Waals surface area contributed by atoms with E-state index < -0.39 is 0 Å². The minimum atomic E-state index is -0.0836. The number of carbonyl (C=O) groups excluding carboxylic acids is 1. The lowest BCUT2D eigenvalue weighted by Crippen LogP contribution is -2.41. The zero-order chi connectivity index (χ0) is 19.3. The third-order valence-electron chi connectivity index (χ3n) is 5.40. The van der Waals surface area contributed by atoms with Gasteiger partial charge in [0.25, 0.3) is 5.91 Å². The molecular formula is C23H25N3O2. The van der Waals surface area contributed by atoms with Crippen molar-refractivity contribution in [1.82, 2.24) is 15.0 Å². The molecule has 5 heteroatoms. The molecule has 4 rings (SSSR count). The molecule has 5 nitrogen and oxygen atoms in total. The molecule has 0 unspecified atom stereocenters. The predicted molar refractivity (Wildman–Crippen MR) is 108 cm³/mol. The lowest BCUT2D eigenvalue weighted by Gasteiger charge is -2.33. The number of hydrogen-bond donors (Lipinski definition) is 0. The Bertz CT molecular complexity index is 913. The first-order valence-corrected chi connectivity index (χ1v) is 9.95. The smallest absolute Gasteiger partial charge is 0.276 e. The van der Waals surface area contributed by atoms with Crippen LogP contribution in [0.1, 0.15) is 53.8 Å². The summed E-state index contributed by atoms with van der Waals surface area (Å²) in [5.74, 6) is 0.532. The number of amides is 1. The average Bonchev–Trinajstić information content (AvgIpc) is 3.24. The maximum absolute atomic E-state index is 13.3. The molecule has 0 bridgehead atoms. The van der Waals surface area contributed by atoms with Gasteiger partial charge in [0, 0.05) is 23.9 Å². The number of hydrogen-bond acceptors (Lipinski definition) is 4. The molecular weight excluding hydrogens is 350 g/mol. The van der Waals surface area contributed by atoms with Gasteiger partial charge in [-0.3, -0.25) is 9.78 Å². The van der Waals surface area contributed by atoms with Gasteiger partial charge in [-0.1, -0.05) is 60.3 Å². The van der Waals surface area contributed by atoms with E-state index in [4.69, 9.17) is 4.52 Å². The summed E-state index contributed by atoms with van der Waals surface area (Å²) in [5, 5.41) is 4.09. The summed E-state index contributed by atoms with van der Waals surface area (Å²) in [7, 11) is 0. The molecule has 0 spiro atoms. The van der Waals surface area contributed by atoms with Gasteiger partial charge in [-0.25, -0.2) is 0 Å². The van der Waals surface area contributed by atoms with Crippen molar-refractivity contribution in [1.29, 1.82) is 0 Å². The number of rotatable bonds is 5. The molecule has 0 N–H and O–H groups in total. The number of aromatic nitrogens is 2. The Kier molecular flexibility index (Phi) is 5.51. The van der Waals surface area contributed by atoms with E-state index in [2.05, 4.69) is 10.1 Å². The normalized spacial score (nSPS) is 14.8. The summed E-state index contributed by atoms with van der Waals surface area (Å²) >= 11 is 0. The monoisotopic (exact) mass is 375 g/mol. The van der Waals surface area contributed by atoms with Crippen LogP contribution in [0.4, 0.5) is 0 Å². The van der Waals surface area contributed by atoms with Crippen LogP contribution in [0.15, 0.2) is 59.3 Å². The minimum absolute atomic E-state index is 0.0836. The van der Waals surface area contributed by atoms with E-state index in [1.54, 1.807) is 12.3 Å². The van der Waals surface area contributed by atoms with Gasteiger partial charge in [-0.15, -0.1) is 0 Å². The fraction of sp³-hybridized carbons (Fsp3) is 0.348.